The van der Waals surface area contributed by atoms with Crippen LogP contribution in [0.4, 0.5) is 14.9 Å². The second kappa shape index (κ2) is 9.18. The van der Waals surface area contributed by atoms with Crippen LogP contribution in [0.3, 0.4) is 0 Å². The van der Waals surface area contributed by atoms with Crippen LogP contribution < -0.4 is 24.2 Å². The van der Waals surface area contributed by atoms with Gasteiger partial charge in [-0.15, -0.1) is 0 Å². The van der Waals surface area contributed by atoms with E-state index in [2.05, 4.69) is 10.0 Å². The molecule has 0 aliphatic carbocycles. The molecule has 0 atom stereocenters. The fourth-order valence-corrected chi connectivity index (χ4v) is 3.35. The molecule has 166 valence electrons. The quantitative estimate of drug-likeness (QED) is 0.555. The first kappa shape index (κ1) is 22.3. The predicted octanol–water partition coefficient (Wildman–Crippen LogP) is 1.34. The smallest absolute Gasteiger partial charge is 0.415 e. The largest absolute Gasteiger partial charge is 0.484 e. The number of carbonyl (C=O) groups excluding carboxylic acids is 2. The summed E-state index contributed by atoms with van der Waals surface area (Å²) >= 11 is 0. The van der Waals surface area contributed by atoms with E-state index < -0.39 is 22.1 Å². The number of nitrogens with zero attached hydrogens (tertiary/aromatic N) is 1. The number of rotatable bonds is 8. The van der Waals surface area contributed by atoms with Crippen LogP contribution >= 0.6 is 0 Å². The fraction of sp³-hybridized carbons (Fsp3) is 0.263. The van der Waals surface area contributed by atoms with Crippen LogP contribution in [-0.2, 0) is 28.1 Å². The van der Waals surface area contributed by atoms with Gasteiger partial charge in [0, 0.05) is 31.3 Å². The van der Waals surface area contributed by atoms with Crippen molar-refractivity contribution >= 4 is 27.9 Å². The first-order valence-corrected chi connectivity index (χ1v) is 10.6. The molecule has 31 heavy (non-hydrogen) atoms. The number of carbonyl (C=O) groups is 2. The van der Waals surface area contributed by atoms with Gasteiger partial charge in [0.05, 0.1) is 18.8 Å². The van der Waals surface area contributed by atoms with E-state index in [1.54, 1.807) is 12.1 Å². The molecule has 2 amide bonds. The molecule has 3 rings (SSSR count). The van der Waals surface area contributed by atoms with Crippen molar-refractivity contribution in [2.75, 3.05) is 25.4 Å². The minimum atomic E-state index is -3.89. The predicted molar refractivity (Wildman–Crippen MR) is 109 cm³/mol. The molecule has 0 aromatic heterocycles. The molecule has 10 nitrogen and oxygen atoms in total. The number of nitrogens with one attached hydrogen (secondary N) is 3. The van der Waals surface area contributed by atoms with Crippen LogP contribution in [0, 0.1) is 5.82 Å². The van der Waals surface area contributed by atoms with Gasteiger partial charge in [0.2, 0.25) is 0 Å². The maximum Gasteiger partial charge on any atom is 0.415 e. The second-order valence-electron chi connectivity index (χ2n) is 6.54. The van der Waals surface area contributed by atoms with Crippen LogP contribution in [0.25, 0.3) is 0 Å². The van der Waals surface area contributed by atoms with Crippen molar-refractivity contribution in [1.82, 2.24) is 14.9 Å². The average Bonchev–Trinajstić information content (AvgIpc) is 2.75. The number of hydrogen-bond acceptors (Lipinski definition) is 6. The zero-order valence-corrected chi connectivity index (χ0v) is 17.6. The molecule has 0 saturated heterocycles. The number of fused-ring (bicyclic) bond motifs is 1. The van der Waals surface area contributed by atoms with Crippen LogP contribution in [0.1, 0.15) is 11.1 Å². The molecule has 2 aromatic carbocycles. The van der Waals surface area contributed by atoms with E-state index in [9.17, 15) is 22.4 Å². The van der Waals surface area contributed by atoms with Gasteiger partial charge in [0.25, 0.3) is 16.1 Å². The number of likely N-dealkylation sites (N-methyl/N-ethyl adjacent to an activating group) is 1. The molecule has 0 saturated carbocycles. The van der Waals surface area contributed by atoms with Crippen molar-refractivity contribution in [3.8, 4) is 11.5 Å². The lowest BCUT2D eigenvalue weighted by Gasteiger charge is -2.28. The molecule has 1 aliphatic rings. The van der Waals surface area contributed by atoms with Crippen LogP contribution in [0.2, 0.25) is 0 Å². The minimum absolute atomic E-state index is 0.113. The van der Waals surface area contributed by atoms with Crippen LogP contribution in [0.5, 0.6) is 11.5 Å². The number of benzene rings is 2. The topological polar surface area (TPSA) is 126 Å². The Bertz CT molecular complexity index is 1110. The molecule has 3 N–H and O–H groups in total. The lowest BCUT2D eigenvalue weighted by Crippen LogP contribution is -2.36. The van der Waals surface area contributed by atoms with Gasteiger partial charge in [-0.05, 0) is 18.2 Å². The summed E-state index contributed by atoms with van der Waals surface area (Å²) < 4.78 is 52.8. The van der Waals surface area contributed by atoms with Gasteiger partial charge in [-0.3, -0.25) is 14.4 Å². The van der Waals surface area contributed by atoms with Gasteiger partial charge in [-0.2, -0.15) is 8.42 Å². The summed E-state index contributed by atoms with van der Waals surface area (Å²) in [6.07, 6.45) is -0.698. The third-order valence-corrected chi connectivity index (χ3v) is 5.48. The molecule has 0 bridgehead atoms. The standard InChI is InChI=1S/C19H21FN4O6S/c1-21-17(25)11-29-14-7-6-12-9-24(19(26)30-16(12)8-14)10-13-4-3-5-15(18(13)20)23-31(27,28)22-2/h3-8,22-23H,9-11H2,1-2H3,(H,21,25). The van der Waals surface area contributed by atoms with Gasteiger partial charge in [0.15, 0.2) is 12.4 Å². The van der Waals surface area contributed by atoms with Crippen LogP contribution in [-0.4, -0.2) is 46.0 Å². The Kier molecular flexibility index (Phi) is 6.61. The molecule has 1 aliphatic heterocycles. The van der Waals surface area contributed by atoms with Crippen molar-refractivity contribution in [1.29, 1.82) is 0 Å². The Labute approximate surface area is 178 Å². The van der Waals surface area contributed by atoms with Crippen molar-refractivity contribution in [3.05, 3.63) is 53.3 Å². The SMILES string of the molecule is CNC(=O)COc1ccc2c(c1)OC(=O)N(Cc1cccc(NS(=O)(=O)NC)c1F)C2. The summed E-state index contributed by atoms with van der Waals surface area (Å²) in [5, 5.41) is 2.43. The van der Waals surface area contributed by atoms with Gasteiger partial charge >= 0.3 is 6.09 Å². The Balaban J connectivity index is 1.74. The molecular formula is C19H21FN4O6S. The number of halogens is 1. The van der Waals surface area contributed by atoms with Crippen molar-refractivity contribution < 1.29 is 31.9 Å². The van der Waals surface area contributed by atoms with E-state index in [0.29, 0.717) is 11.3 Å². The number of anilines is 1. The highest BCUT2D eigenvalue weighted by molar-refractivity contribution is 7.90. The van der Waals surface area contributed by atoms with E-state index >= 15 is 0 Å². The summed E-state index contributed by atoms with van der Waals surface area (Å²) in [5.41, 5.74) is 0.539. The van der Waals surface area contributed by atoms with E-state index in [-0.39, 0.29) is 42.6 Å². The second-order valence-corrected chi connectivity index (χ2v) is 8.16. The number of amides is 2. The van der Waals surface area contributed by atoms with E-state index in [1.165, 1.54) is 43.3 Å². The summed E-state index contributed by atoms with van der Waals surface area (Å²) in [7, 11) is -1.21. The molecule has 1 heterocycles. The van der Waals surface area contributed by atoms with Gasteiger partial charge in [0.1, 0.15) is 11.5 Å². The summed E-state index contributed by atoms with van der Waals surface area (Å²) in [5.74, 6) is -0.453. The molecule has 0 radical (unpaired) electrons. The lowest BCUT2D eigenvalue weighted by atomic mass is 10.1. The molecule has 0 spiro atoms. The Morgan fingerprint density at radius 3 is 2.74 bits per heavy atom. The van der Waals surface area contributed by atoms with E-state index in [4.69, 9.17) is 9.47 Å². The lowest BCUT2D eigenvalue weighted by molar-refractivity contribution is -0.122. The highest BCUT2D eigenvalue weighted by Gasteiger charge is 2.27. The van der Waals surface area contributed by atoms with Gasteiger partial charge in [-0.1, -0.05) is 12.1 Å². The number of ether oxygens (including phenoxy) is 2. The summed E-state index contributed by atoms with van der Waals surface area (Å²) in [6.45, 7) is -0.160. The molecule has 0 fully saturated rings. The zero-order chi connectivity index (χ0) is 22.6. The fourth-order valence-electron chi connectivity index (χ4n) is 2.80. The molecule has 12 heteroatoms. The third-order valence-electron chi connectivity index (χ3n) is 4.46. The zero-order valence-electron chi connectivity index (χ0n) is 16.8. The summed E-state index contributed by atoms with van der Waals surface area (Å²) in [4.78, 5) is 25.0. The number of hydrogen-bond donors (Lipinski definition) is 3. The summed E-state index contributed by atoms with van der Waals surface area (Å²) in [6, 6.07) is 9.02. The maximum atomic E-state index is 14.8. The Hall–Kier alpha value is -3.38. The van der Waals surface area contributed by atoms with Gasteiger partial charge in [-0.25, -0.2) is 13.9 Å². The van der Waals surface area contributed by atoms with Crippen molar-refractivity contribution in [2.24, 2.45) is 0 Å². The highest BCUT2D eigenvalue weighted by Crippen LogP contribution is 2.31. The van der Waals surface area contributed by atoms with E-state index in [0.717, 1.165) is 0 Å². The Morgan fingerprint density at radius 1 is 1.26 bits per heavy atom. The third kappa shape index (κ3) is 5.41. The average molecular weight is 452 g/mol. The highest BCUT2D eigenvalue weighted by atomic mass is 32.2. The van der Waals surface area contributed by atoms with Crippen LogP contribution in [0.15, 0.2) is 36.4 Å². The molecular weight excluding hydrogens is 431 g/mol. The molecule has 2 aromatic rings. The first-order valence-electron chi connectivity index (χ1n) is 9.14. The maximum absolute atomic E-state index is 14.8. The van der Waals surface area contributed by atoms with Gasteiger partial charge < -0.3 is 14.8 Å². The normalized spacial score (nSPS) is 13.3. The monoisotopic (exact) mass is 452 g/mol. The van der Waals surface area contributed by atoms with E-state index in [1.807, 2.05) is 4.72 Å². The first-order chi connectivity index (χ1) is 14.7. The van der Waals surface area contributed by atoms with Crippen molar-refractivity contribution in [3.63, 3.8) is 0 Å². The minimum Gasteiger partial charge on any atom is -0.484 e. The molecule has 0 unspecified atom stereocenters. The Morgan fingerprint density at radius 2 is 2.03 bits per heavy atom. The van der Waals surface area contributed by atoms with Crippen molar-refractivity contribution in [2.45, 2.75) is 13.1 Å².